The quantitative estimate of drug-likeness (QED) is 0.886. The first-order valence-corrected chi connectivity index (χ1v) is 7.47. The van der Waals surface area contributed by atoms with Gasteiger partial charge in [-0.05, 0) is 26.0 Å². The number of aryl methyl sites for hydroxylation is 2. The van der Waals surface area contributed by atoms with Crippen LogP contribution in [0.3, 0.4) is 0 Å². The molecule has 0 fully saturated rings. The molecule has 1 amide bonds. The third-order valence-corrected chi connectivity index (χ3v) is 4.25. The molecule has 4 nitrogen and oxygen atoms in total. The zero-order valence-electron chi connectivity index (χ0n) is 11.6. The molecule has 1 aromatic carbocycles. The van der Waals surface area contributed by atoms with Crippen molar-refractivity contribution >= 4 is 46.4 Å². The van der Waals surface area contributed by atoms with Crippen LogP contribution in [0.4, 0.5) is 5.69 Å². The molecule has 0 aliphatic carbocycles. The van der Waals surface area contributed by atoms with Gasteiger partial charge in [0, 0.05) is 6.42 Å². The second kappa shape index (κ2) is 6.69. The summed E-state index contributed by atoms with van der Waals surface area (Å²) in [6.07, 6.45) is 0.250. The Kier molecular flexibility index (Phi) is 5.14. The Morgan fingerprint density at radius 3 is 2.38 bits per heavy atom. The van der Waals surface area contributed by atoms with Gasteiger partial charge in [0.05, 0.1) is 38.7 Å². The van der Waals surface area contributed by atoms with Gasteiger partial charge in [-0.3, -0.25) is 9.48 Å². The van der Waals surface area contributed by atoms with E-state index >= 15 is 0 Å². The van der Waals surface area contributed by atoms with Crippen molar-refractivity contribution in [2.45, 2.75) is 26.8 Å². The second-order valence-corrected chi connectivity index (χ2v) is 5.80. The molecule has 0 radical (unpaired) electrons. The number of hydrogen-bond acceptors (Lipinski definition) is 2. The van der Waals surface area contributed by atoms with Gasteiger partial charge >= 0.3 is 0 Å². The maximum atomic E-state index is 12.0. The molecule has 112 valence electrons. The molecule has 0 spiro atoms. The predicted octanol–water partition coefficient (Wildman–Crippen LogP) is 4.49. The Bertz CT molecular complexity index is 662. The lowest BCUT2D eigenvalue weighted by Gasteiger charge is -2.09. The first-order valence-electron chi connectivity index (χ1n) is 6.33. The number of benzene rings is 1. The second-order valence-electron chi connectivity index (χ2n) is 4.60. The van der Waals surface area contributed by atoms with Crippen molar-refractivity contribution in [1.82, 2.24) is 9.78 Å². The monoisotopic (exact) mass is 345 g/mol. The van der Waals surface area contributed by atoms with E-state index in [9.17, 15) is 4.79 Å². The van der Waals surface area contributed by atoms with E-state index in [0.717, 1.165) is 11.4 Å². The number of carbonyl (C=O) groups is 1. The van der Waals surface area contributed by atoms with E-state index < -0.39 is 0 Å². The van der Waals surface area contributed by atoms with Crippen molar-refractivity contribution < 1.29 is 4.79 Å². The van der Waals surface area contributed by atoms with E-state index in [1.165, 1.54) is 0 Å². The summed E-state index contributed by atoms with van der Waals surface area (Å²) in [4.78, 5) is 12.0. The van der Waals surface area contributed by atoms with Crippen molar-refractivity contribution in [2.75, 3.05) is 5.32 Å². The predicted molar refractivity (Wildman–Crippen MR) is 86.4 cm³/mol. The van der Waals surface area contributed by atoms with Crippen LogP contribution in [0.5, 0.6) is 0 Å². The topological polar surface area (TPSA) is 46.9 Å². The molecule has 21 heavy (non-hydrogen) atoms. The molecule has 1 heterocycles. The van der Waals surface area contributed by atoms with Crippen LogP contribution in [0, 0.1) is 13.8 Å². The van der Waals surface area contributed by atoms with Crippen molar-refractivity contribution in [3.63, 3.8) is 0 Å². The summed E-state index contributed by atoms with van der Waals surface area (Å²) in [5.41, 5.74) is 2.03. The average Bonchev–Trinajstić information content (AvgIpc) is 2.68. The van der Waals surface area contributed by atoms with Gasteiger partial charge in [0.1, 0.15) is 0 Å². The molecule has 2 rings (SSSR count). The Balaban J connectivity index is 2.01. The Labute approximate surface area is 138 Å². The highest BCUT2D eigenvalue weighted by Gasteiger charge is 2.12. The molecule has 0 bridgehead atoms. The number of nitrogens with zero attached hydrogens (tertiary/aromatic N) is 2. The fraction of sp³-hybridized carbons (Fsp3) is 0.286. The lowest BCUT2D eigenvalue weighted by Crippen LogP contribution is -2.16. The number of aromatic nitrogens is 2. The van der Waals surface area contributed by atoms with Crippen LogP contribution in [0.15, 0.2) is 18.2 Å². The summed E-state index contributed by atoms with van der Waals surface area (Å²) in [5, 5.41) is 8.43. The molecule has 0 aliphatic rings. The van der Waals surface area contributed by atoms with Gasteiger partial charge < -0.3 is 5.32 Å². The lowest BCUT2D eigenvalue weighted by molar-refractivity contribution is -0.116. The number of anilines is 1. The number of carbonyl (C=O) groups excluding carboxylic acids is 1. The van der Waals surface area contributed by atoms with Gasteiger partial charge in [-0.2, -0.15) is 5.10 Å². The normalized spacial score (nSPS) is 10.7. The summed E-state index contributed by atoms with van der Waals surface area (Å²) in [5.74, 6) is -0.186. The van der Waals surface area contributed by atoms with E-state index in [1.807, 2.05) is 13.8 Å². The zero-order chi connectivity index (χ0) is 15.6. The third-order valence-electron chi connectivity index (χ3n) is 3.07. The maximum absolute atomic E-state index is 12.0. The fourth-order valence-corrected chi connectivity index (χ4v) is 2.55. The summed E-state index contributed by atoms with van der Waals surface area (Å²) in [6.45, 7) is 4.13. The first kappa shape index (κ1) is 16.1. The van der Waals surface area contributed by atoms with Gasteiger partial charge in [0.15, 0.2) is 0 Å². The Morgan fingerprint density at radius 2 is 1.86 bits per heavy atom. The van der Waals surface area contributed by atoms with Crippen LogP contribution in [0.1, 0.15) is 17.8 Å². The SMILES string of the molecule is Cc1nn(CCC(=O)Nc2c(Cl)cccc2Cl)c(C)c1Cl. The highest BCUT2D eigenvalue weighted by Crippen LogP contribution is 2.29. The molecule has 1 N–H and O–H groups in total. The van der Waals surface area contributed by atoms with Gasteiger partial charge in [-0.1, -0.05) is 40.9 Å². The number of halogens is 3. The van der Waals surface area contributed by atoms with E-state index in [0.29, 0.717) is 27.3 Å². The Morgan fingerprint density at radius 1 is 1.24 bits per heavy atom. The van der Waals surface area contributed by atoms with Gasteiger partial charge in [0.25, 0.3) is 0 Å². The number of hydrogen-bond donors (Lipinski definition) is 1. The molecule has 0 aliphatic heterocycles. The number of para-hydroxylation sites is 1. The van der Waals surface area contributed by atoms with E-state index in [-0.39, 0.29) is 12.3 Å². The largest absolute Gasteiger partial charge is 0.323 e. The van der Waals surface area contributed by atoms with Crippen LogP contribution in [0.2, 0.25) is 15.1 Å². The molecule has 0 saturated heterocycles. The minimum Gasteiger partial charge on any atom is -0.323 e. The van der Waals surface area contributed by atoms with Crippen LogP contribution in [0.25, 0.3) is 0 Å². The number of rotatable bonds is 4. The molecular formula is C14H14Cl3N3O. The zero-order valence-corrected chi connectivity index (χ0v) is 13.9. The molecule has 2 aromatic rings. The van der Waals surface area contributed by atoms with Gasteiger partial charge in [-0.25, -0.2) is 0 Å². The molecule has 0 atom stereocenters. The first-order chi connectivity index (χ1) is 9.90. The van der Waals surface area contributed by atoms with E-state index in [4.69, 9.17) is 34.8 Å². The molecule has 0 unspecified atom stereocenters. The van der Waals surface area contributed by atoms with Crippen LogP contribution < -0.4 is 5.32 Å². The molecular weight excluding hydrogens is 333 g/mol. The minimum absolute atomic E-state index is 0.186. The van der Waals surface area contributed by atoms with E-state index in [1.54, 1.807) is 22.9 Å². The van der Waals surface area contributed by atoms with Crippen molar-refractivity contribution in [3.8, 4) is 0 Å². The van der Waals surface area contributed by atoms with Crippen molar-refractivity contribution in [1.29, 1.82) is 0 Å². The van der Waals surface area contributed by atoms with Crippen molar-refractivity contribution in [2.24, 2.45) is 0 Å². The molecule has 0 saturated carbocycles. The highest BCUT2D eigenvalue weighted by molar-refractivity contribution is 6.39. The third kappa shape index (κ3) is 3.70. The molecule has 1 aromatic heterocycles. The number of nitrogens with one attached hydrogen (secondary N) is 1. The minimum atomic E-state index is -0.186. The smallest absolute Gasteiger partial charge is 0.226 e. The summed E-state index contributed by atoms with van der Waals surface area (Å²) < 4.78 is 1.71. The van der Waals surface area contributed by atoms with Crippen LogP contribution in [-0.4, -0.2) is 15.7 Å². The van der Waals surface area contributed by atoms with Crippen LogP contribution >= 0.6 is 34.8 Å². The average molecular weight is 347 g/mol. The Hall–Kier alpha value is -1.23. The van der Waals surface area contributed by atoms with E-state index in [2.05, 4.69) is 10.4 Å². The lowest BCUT2D eigenvalue weighted by atomic mass is 10.3. The van der Waals surface area contributed by atoms with Crippen LogP contribution in [-0.2, 0) is 11.3 Å². The summed E-state index contributed by atoms with van der Waals surface area (Å²) in [6, 6.07) is 5.06. The standard InChI is InChI=1S/C14H14Cl3N3O/c1-8-13(17)9(2)20(19-8)7-6-12(21)18-14-10(15)4-3-5-11(14)16/h3-5H,6-7H2,1-2H3,(H,18,21). The van der Waals surface area contributed by atoms with Crippen molar-refractivity contribution in [3.05, 3.63) is 44.7 Å². The summed E-state index contributed by atoms with van der Waals surface area (Å²) >= 11 is 18.1. The van der Waals surface area contributed by atoms with Gasteiger partial charge in [0.2, 0.25) is 5.91 Å². The summed E-state index contributed by atoms with van der Waals surface area (Å²) in [7, 11) is 0. The highest BCUT2D eigenvalue weighted by atomic mass is 35.5. The number of amides is 1. The maximum Gasteiger partial charge on any atom is 0.226 e. The molecule has 7 heteroatoms. The fourth-order valence-electron chi connectivity index (χ4n) is 1.92. The van der Waals surface area contributed by atoms with Gasteiger partial charge in [-0.15, -0.1) is 0 Å².